The molecule has 3 N–H and O–H groups in total. The van der Waals surface area contributed by atoms with Crippen LogP contribution in [-0.4, -0.2) is 10.9 Å². The van der Waals surface area contributed by atoms with Gasteiger partial charge >= 0.3 is 0 Å². The van der Waals surface area contributed by atoms with E-state index in [1.54, 1.807) is 0 Å². The SMILES string of the molecule is CC(C)(C)C(=O)Nc1nc(C(C)(C)C)c(N)s1. The Morgan fingerprint density at radius 1 is 1.24 bits per heavy atom. The molecule has 0 atom stereocenters. The number of nitrogens with two attached hydrogens (primary N) is 1. The van der Waals surface area contributed by atoms with E-state index < -0.39 is 5.41 Å². The van der Waals surface area contributed by atoms with Gasteiger partial charge in [-0.05, 0) is 0 Å². The highest BCUT2D eigenvalue weighted by Crippen LogP contribution is 2.34. The van der Waals surface area contributed by atoms with E-state index in [0.717, 1.165) is 5.69 Å². The lowest BCUT2D eigenvalue weighted by Crippen LogP contribution is -2.27. The average molecular weight is 255 g/mol. The van der Waals surface area contributed by atoms with Crippen LogP contribution in [0, 0.1) is 5.41 Å². The maximum atomic E-state index is 11.8. The van der Waals surface area contributed by atoms with Crippen molar-refractivity contribution in [3.8, 4) is 0 Å². The summed E-state index contributed by atoms with van der Waals surface area (Å²) in [5, 5.41) is 4.05. The summed E-state index contributed by atoms with van der Waals surface area (Å²) in [6.45, 7) is 11.7. The number of rotatable bonds is 1. The zero-order valence-corrected chi connectivity index (χ0v) is 12.2. The smallest absolute Gasteiger partial charge is 0.231 e. The second-order valence-electron chi connectivity index (χ2n) is 6.19. The van der Waals surface area contributed by atoms with Crippen LogP contribution in [-0.2, 0) is 10.2 Å². The predicted octanol–water partition coefficient (Wildman–Crippen LogP) is 3.01. The molecule has 5 heteroatoms. The third-order valence-electron chi connectivity index (χ3n) is 2.27. The fraction of sp³-hybridized carbons (Fsp3) is 0.667. The third kappa shape index (κ3) is 3.43. The van der Waals surface area contributed by atoms with Crippen LogP contribution >= 0.6 is 11.3 Å². The zero-order chi connectivity index (χ0) is 13.4. The molecule has 0 aliphatic heterocycles. The Labute approximate surface area is 107 Å². The summed E-state index contributed by atoms with van der Waals surface area (Å²) in [5.74, 6) is -0.0493. The Balaban J connectivity index is 2.93. The topological polar surface area (TPSA) is 68.0 Å². The molecule has 0 unspecified atom stereocenters. The number of hydrogen-bond acceptors (Lipinski definition) is 4. The molecule has 96 valence electrons. The minimum Gasteiger partial charge on any atom is -0.389 e. The second kappa shape index (κ2) is 4.29. The van der Waals surface area contributed by atoms with E-state index in [4.69, 9.17) is 5.73 Å². The van der Waals surface area contributed by atoms with Gasteiger partial charge in [0.15, 0.2) is 5.13 Å². The number of nitrogens with zero attached hydrogens (tertiary/aromatic N) is 1. The van der Waals surface area contributed by atoms with Crippen LogP contribution in [0.3, 0.4) is 0 Å². The average Bonchev–Trinajstić information content (AvgIpc) is 2.44. The van der Waals surface area contributed by atoms with Gasteiger partial charge in [0, 0.05) is 10.8 Å². The fourth-order valence-electron chi connectivity index (χ4n) is 1.21. The van der Waals surface area contributed by atoms with Gasteiger partial charge < -0.3 is 11.1 Å². The molecule has 0 aliphatic carbocycles. The number of anilines is 2. The van der Waals surface area contributed by atoms with Gasteiger partial charge in [-0.1, -0.05) is 52.9 Å². The monoisotopic (exact) mass is 255 g/mol. The first kappa shape index (κ1) is 14.0. The Kier molecular flexibility index (Phi) is 3.52. The fourth-order valence-corrected chi connectivity index (χ4v) is 2.14. The summed E-state index contributed by atoms with van der Waals surface area (Å²) in [5.41, 5.74) is 6.22. The van der Waals surface area contributed by atoms with E-state index in [-0.39, 0.29) is 11.3 Å². The Morgan fingerprint density at radius 2 is 1.76 bits per heavy atom. The van der Waals surface area contributed by atoms with Gasteiger partial charge in [-0.3, -0.25) is 4.79 Å². The van der Waals surface area contributed by atoms with E-state index in [9.17, 15) is 4.79 Å². The van der Waals surface area contributed by atoms with E-state index >= 15 is 0 Å². The van der Waals surface area contributed by atoms with Gasteiger partial charge in [-0.2, -0.15) is 0 Å². The van der Waals surface area contributed by atoms with Gasteiger partial charge in [0.2, 0.25) is 5.91 Å². The summed E-state index contributed by atoms with van der Waals surface area (Å²) >= 11 is 1.32. The van der Waals surface area contributed by atoms with Crippen molar-refractivity contribution >= 4 is 27.4 Å². The number of carbonyl (C=O) groups excluding carboxylic acids is 1. The third-order valence-corrected chi connectivity index (χ3v) is 3.07. The van der Waals surface area contributed by atoms with Crippen molar-refractivity contribution in [1.82, 2.24) is 4.98 Å². The molecule has 1 aromatic rings. The summed E-state index contributed by atoms with van der Waals surface area (Å²) in [6.07, 6.45) is 0. The molecule has 1 rings (SSSR count). The lowest BCUT2D eigenvalue weighted by atomic mass is 9.93. The van der Waals surface area contributed by atoms with E-state index in [0.29, 0.717) is 10.1 Å². The van der Waals surface area contributed by atoms with E-state index in [1.807, 2.05) is 41.5 Å². The van der Waals surface area contributed by atoms with Crippen LogP contribution in [0.15, 0.2) is 0 Å². The molecule has 1 heterocycles. The number of carbonyl (C=O) groups is 1. The molecule has 4 nitrogen and oxygen atoms in total. The molecular weight excluding hydrogens is 234 g/mol. The first-order chi connectivity index (χ1) is 7.51. The molecule has 0 radical (unpaired) electrons. The molecule has 1 amide bonds. The second-order valence-corrected chi connectivity index (χ2v) is 7.22. The van der Waals surface area contributed by atoms with Crippen molar-refractivity contribution in [2.24, 2.45) is 5.41 Å². The van der Waals surface area contributed by atoms with Gasteiger partial charge in [0.1, 0.15) is 5.00 Å². The van der Waals surface area contributed by atoms with Crippen molar-refractivity contribution in [2.45, 2.75) is 47.0 Å². The standard InChI is InChI=1S/C12H21N3OS/c1-11(2,3)7-8(13)17-10(14-7)15-9(16)12(4,5)6/h13H2,1-6H3,(H,14,15,16). The molecule has 0 saturated heterocycles. The molecule has 0 aromatic carbocycles. The predicted molar refractivity (Wildman–Crippen MR) is 73.3 cm³/mol. The van der Waals surface area contributed by atoms with Crippen LogP contribution in [0.4, 0.5) is 10.1 Å². The van der Waals surface area contributed by atoms with Crippen molar-refractivity contribution in [3.05, 3.63) is 5.69 Å². The molecule has 0 fully saturated rings. The summed E-state index contributed by atoms with van der Waals surface area (Å²) in [7, 11) is 0. The highest BCUT2D eigenvalue weighted by molar-refractivity contribution is 7.19. The Bertz CT molecular complexity index is 424. The molecule has 17 heavy (non-hydrogen) atoms. The number of thiazole rings is 1. The lowest BCUT2D eigenvalue weighted by molar-refractivity contribution is -0.123. The van der Waals surface area contributed by atoms with Crippen LogP contribution in [0.1, 0.15) is 47.2 Å². The minimum atomic E-state index is -0.428. The van der Waals surface area contributed by atoms with Gasteiger partial charge in [-0.15, -0.1) is 0 Å². The first-order valence-electron chi connectivity index (χ1n) is 5.60. The Hall–Kier alpha value is -1.10. The number of amides is 1. The normalized spacial score (nSPS) is 12.6. The number of hydrogen-bond donors (Lipinski definition) is 2. The number of nitrogen functional groups attached to an aromatic ring is 1. The quantitative estimate of drug-likeness (QED) is 0.810. The van der Waals surface area contributed by atoms with Crippen LogP contribution in [0.2, 0.25) is 0 Å². The molecule has 0 saturated carbocycles. The van der Waals surface area contributed by atoms with Crippen LogP contribution in [0.5, 0.6) is 0 Å². The van der Waals surface area contributed by atoms with Gasteiger partial charge in [-0.25, -0.2) is 4.98 Å². The highest BCUT2D eigenvalue weighted by atomic mass is 32.1. The summed E-state index contributed by atoms with van der Waals surface area (Å²) < 4.78 is 0. The van der Waals surface area contributed by atoms with Crippen LogP contribution in [0.25, 0.3) is 0 Å². The van der Waals surface area contributed by atoms with Crippen molar-refractivity contribution in [3.63, 3.8) is 0 Å². The number of aromatic nitrogens is 1. The van der Waals surface area contributed by atoms with Crippen molar-refractivity contribution < 1.29 is 4.79 Å². The number of nitrogens with one attached hydrogen (secondary N) is 1. The van der Waals surface area contributed by atoms with Crippen LogP contribution < -0.4 is 11.1 Å². The maximum Gasteiger partial charge on any atom is 0.231 e. The maximum absolute atomic E-state index is 11.8. The zero-order valence-electron chi connectivity index (χ0n) is 11.3. The minimum absolute atomic E-state index is 0.0493. The molecule has 0 aliphatic rings. The van der Waals surface area contributed by atoms with E-state index in [1.165, 1.54) is 11.3 Å². The van der Waals surface area contributed by atoms with E-state index in [2.05, 4.69) is 10.3 Å². The highest BCUT2D eigenvalue weighted by Gasteiger charge is 2.25. The molecule has 1 aromatic heterocycles. The summed E-state index contributed by atoms with van der Waals surface area (Å²) in [4.78, 5) is 16.2. The lowest BCUT2D eigenvalue weighted by Gasteiger charge is -2.17. The van der Waals surface area contributed by atoms with Crippen molar-refractivity contribution in [2.75, 3.05) is 11.1 Å². The van der Waals surface area contributed by atoms with Gasteiger partial charge in [0.25, 0.3) is 0 Å². The van der Waals surface area contributed by atoms with Crippen molar-refractivity contribution in [1.29, 1.82) is 0 Å². The molecular formula is C12H21N3OS. The molecule has 0 spiro atoms. The largest absolute Gasteiger partial charge is 0.389 e. The Morgan fingerprint density at radius 3 is 2.12 bits per heavy atom. The summed E-state index contributed by atoms with van der Waals surface area (Å²) in [6, 6.07) is 0. The molecule has 0 bridgehead atoms. The first-order valence-corrected chi connectivity index (χ1v) is 6.41. The van der Waals surface area contributed by atoms with Gasteiger partial charge in [0.05, 0.1) is 5.69 Å².